The summed E-state index contributed by atoms with van der Waals surface area (Å²) in [4.78, 5) is 0. The van der Waals surface area contributed by atoms with Gasteiger partial charge in [0.15, 0.2) is 11.5 Å². The molecule has 0 amide bonds. The second kappa shape index (κ2) is 5.13. The zero-order chi connectivity index (χ0) is 14.3. The van der Waals surface area contributed by atoms with Gasteiger partial charge in [0, 0.05) is 17.2 Å². The summed E-state index contributed by atoms with van der Waals surface area (Å²) in [7, 11) is 0. The van der Waals surface area contributed by atoms with Crippen molar-refractivity contribution in [3.05, 3.63) is 46.2 Å². The Bertz CT molecular complexity index is 658. The van der Waals surface area contributed by atoms with E-state index in [2.05, 4.69) is 0 Å². The summed E-state index contributed by atoms with van der Waals surface area (Å²) in [6.07, 6.45) is -0.633. The summed E-state index contributed by atoms with van der Waals surface area (Å²) in [5, 5.41) is 0.815. The minimum Gasteiger partial charge on any atom is -0.449 e. The number of fused-ring (bicyclic) bond motifs is 1. The molecule has 20 heavy (non-hydrogen) atoms. The van der Waals surface area contributed by atoms with E-state index in [1.54, 1.807) is 18.2 Å². The minimum atomic E-state index is -0.633. The third-order valence-electron chi connectivity index (χ3n) is 2.95. The lowest BCUT2D eigenvalue weighted by Gasteiger charge is -2.11. The van der Waals surface area contributed by atoms with Crippen LogP contribution in [0.15, 0.2) is 30.3 Å². The molecule has 1 aliphatic rings. The number of ether oxygens (including phenoxy) is 2. The summed E-state index contributed by atoms with van der Waals surface area (Å²) in [5.74, 6) is 0.235. The highest BCUT2D eigenvalue weighted by molar-refractivity contribution is 6.39. The Morgan fingerprint density at radius 3 is 2.50 bits per heavy atom. The van der Waals surface area contributed by atoms with Crippen molar-refractivity contribution >= 4 is 23.2 Å². The zero-order valence-electron chi connectivity index (χ0n) is 10.2. The van der Waals surface area contributed by atoms with Gasteiger partial charge in [0.1, 0.15) is 5.82 Å². The quantitative estimate of drug-likeness (QED) is 0.915. The lowest BCUT2D eigenvalue weighted by atomic mass is 10.0. The van der Waals surface area contributed by atoms with E-state index in [1.165, 1.54) is 12.1 Å². The maximum atomic E-state index is 13.7. The Morgan fingerprint density at radius 1 is 1.15 bits per heavy atom. The molecule has 0 saturated heterocycles. The van der Waals surface area contributed by atoms with E-state index < -0.39 is 12.1 Å². The van der Waals surface area contributed by atoms with Crippen LogP contribution in [0.25, 0.3) is 11.1 Å². The van der Waals surface area contributed by atoms with Gasteiger partial charge in [-0.3, -0.25) is 0 Å². The highest BCUT2D eigenvalue weighted by Gasteiger charge is 2.28. The summed E-state index contributed by atoms with van der Waals surface area (Å²) in [5.41, 5.74) is 6.46. The molecule has 6 heteroatoms. The van der Waals surface area contributed by atoms with Crippen LogP contribution in [0, 0.1) is 5.82 Å². The number of nitrogens with two attached hydrogens (primary N) is 1. The smallest absolute Gasteiger partial charge is 0.253 e. The second-order valence-corrected chi connectivity index (χ2v) is 5.09. The molecule has 0 unspecified atom stereocenters. The van der Waals surface area contributed by atoms with Gasteiger partial charge in [-0.1, -0.05) is 29.3 Å². The largest absolute Gasteiger partial charge is 0.449 e. The normalized spacial score (nSPS) is 16.5. The Balaban J connectivity index is 2.21. The van der Waals surface area contributed by atoms with Crippen molar-refractivity contribution in [2.75, 3.05) is 6.54 Å². The van der Waals surface area contributed by atoms with Crippen molar-refractivity contribution in [3.63, 3.8) is 0 Å². The molecule has 2 aromatic carbocycles. The topological polar surface area (TPSA) is 44.5 Å². The average Bonchev–Trinajstić information content (AvgIpc) is 2.81. The van der Waals surface area contributed by atoms with Gasteiger partial charge in [0.2, 0.25) is 0 Å². The minimum absolute atomic E-state index is 0.159. The van der Waals surface area contributed by atoms with Crippen LogP contribution in [0.2, 0.25) is 10.0 Å². The molecule has 0 radical (unpaired) electrons. The Morgan fingerprint density at radius 2 is 1.85 bits per heavy atom. The number of benzene rings is 2. The predicted octanol–water partition coefficient (Wildman–Crippen LogP) is 3.86. The van der Waals surface area contributed by atoms with Crippen LogP contribution in [0.5, 0.6) is 11.5 Å². The first-order valence-corrected chi connectivity index (χ1v) is 6.67. The lowest BCUT2D eigenvalue weighted by molar-refractivity contribution is 0.0582. The summed E-state index contributed by atoms with van der Waals surface area (Å²) >= 11 is 12.3. The maximum absolute atomic E-state index is 13.7. The third kappa shape index (κ3) is 2.20. The molecule has 0 fully saturated rings. The molecule has 0 spiro atoms. The van der Waals surface area contributed by atoms with Gasteiger partial charge in [-0.25, -0.2) is 4.39 Å². The SMILES string of the molecule is NC[C@H]1Oc2cc(F)cc(-c3c(Cl)cccc3Cl)c2O1. The van der Waals surface area contributed by atoms with Gasteiger partial charge >= 0.3 is 0 Å². The van der Waals surface area contributed by atoms with Gasteiger partial charge in [0.25, 0.3) is 6.29 Å². The fourth-order valence-electron chi connectivity index (χ4n) is 2.11. The van der Waals surface area contributed by atoms with E-state index in [4.69, 9.17) is 38.4 Å². The van der Waals surface area contributed by atoms with E-state index in [0.717, 1.165) is 0 Å². The summed E-state index contributed by atoms with van der Waals surface area (Å²) in [6, 6.07) is 7.63. The summed E-state index contributed by atoms with van der Waals surface area (Å²) < 4.78 is 24.7. The number of rotatable bonds is 2. The van der Waals surface area contributed by atoms with Crippen LogP contribution < -0.4 is 15.2 Å². The Kier molecular flexibility index (Phi) is 3.46. The number of halogens is 3. The van der Waals surface area contributed by atoms with E-state index in [9.17, 15) is 4.39 Å². The Hall–Kier alpha value is -1.49. The molecule has 1 heterocycles. The molecule has 0 aliphatic carbocycles. The maximum Gasteiger partial charge on any atom is 0.253 e. The van der Waals surface area contributed by atoms with Gasteiger partial charge in [0.05, 0.1) is 16.6 Å². The van der Waals surface area contributed by atoms with Crippen molar-refractivity contribution in [1.29, 1.82) is 0 Å². The van der Waals surface area contributed by atoms with E-state index >= 15 is 0 Å². The molecule has 104 valence electrons. The van der Waals surface area contributed by atoms with E-state index in [-0.39, 0.29) is 6.54 Å². The standard InChI is InChI=1S/C14H10Cl2FNO2/c15-9-2-1-3-10(16)13(9)8-4-7(17)5-11-14(8)20-12(6-18)19-11/h1-5,12H,6,18H2/t12-/m0/s1. The highest BCUT2D eigenvalue weighted by Crippen LogP contribution is 2.47. The molecule has 1 atom stereocenters. The fourth-order valence-corrected chi connectivity index (χ4v) is 2.71. The highest BCUT2D eigenvalue weighted by atomic mass is 35.5. The number of hydrogen-bond acceptors (Lipinski definition) is 3. The van der Waals surface area contributed by atoms with Gasteiger partial charge < -0.3 is 15.2 Å². The lowest BCUT2D eigenvalue weighted by Crippen LogP contribution is -2.28. The molecule has 3 rings (SSSR count). The van der Waals surface area contributed by atoms with Crippen LogP contribution in [-0.2, 0) is 0 Å². The van der Waals surface area contributed by atoms with Crippen molar-refractivity contribution in [1.82, 2.24) is 0 Å². The first-order valence-electron chi connectivity index (χ1n) is 5.91. The fraction of sp³-hybridized carbons (Fsp3) is 0.143. The van der Waals surface area contributed by atoms with E-state index in [0.29, 0.717) is 32.7 Å². The van der Waals surface area contributed by atoms with Gasteiger partial charge in [-0.15, -0.1) is 0 Å². The van der Waals surface area contributed by atoms with Crippen LogP contribution >= 0.6 is 23.2 Å². The monoisotopic (exact) mass is 313 g/mol. The molecule has 0 aromatic heterocycles. The first kappa shape index (κ1) is 13.5. The molecular formula is C14H10Cl2FNO2. The first-order chi connectivity index (χ1) is 9.60. The summed E-state index contributed by atoms with van der Waals surface area (Å²) in [6.45, 7) is 0.159. The Labute approximate surface area is 125 Å². The third-order valence-corrected chi connectivity index (χ3v) is 3.58. The molecule has 0 bridgehead atoms. The molecular weight excluding hydrogens is 304 g/mol. The molecule has 3 nitrogen and oxygen atoms in total. The molecule has 1 aliphatic heterocycles. The molecule has 2 aromatic rings. The van der Waals surface area contributed by atoms with Crippen molar-refractivity contribution in [3.8, 4) is 22.6 Å². The van der Waals surface area contributed by atoms with Crippen molar-refractivity contribution < 1.29 is 13.9 Å². The second-order valence-electron chi connectivity index (χ2n) is 4.28. The van der Waals surface area contributed by atoms with Crippen LogP contribution in [-0.4, -0.2) is 12.8 Å². The average molecular weight is 314 g/mol. The molecule has 2 N–H and O–H groups in total. The van der Waals surface area contributed by atoms with Gasteiger partial charge in [-0.05, 0) is 18.2 Å². The van der Waals surface area contributed by atoms with Crippen LogP contribution in [0.4, 0.5) is 4.39 Å². The predicted molar refractivity (Wildman–Crippen MR) is 76.0 cm³/mol. The van der Waals surface area contributed by atoms with E-state index in [1.807, 2.05) is 0 Å². The van der Waals surface area contributed by atoms with Crippen molar-refractivity contribution in [2.45, 2.75) is 6.29 Å². The number of hydrogen-bond donors (Lipinski definition) is 1. The van der Waals surface area contributed by atoms with Crippen molar-refractivity contribution in [2.24, 2.45) is 5.73 Å². The van der Waals surface area contributed by atoms with Crippen LogP contribution in [0.3, 0.4) is 0 Å². The van der Waals surface area contributed by atoms with Gasteiger partial charge in [-0.2, -0.15) is 0 Å². The zero-order valence-corrected chi connectivity index (χ0v) is 11.7. The molecule has 0 saturated carbocycles. The van der Waals surface area contributed by atoms with Crippen LogP contribution in [0.1, 0.15) is 0 Å².